The molecule has 124 heavy (non-hydrogen) atoms. The summed E-state index contributed by atoms with van der Waals surface area (Å²) in [7, 11) is 1.47. The summed E-state index contributed by atoms with van der Waals surface area (Å²) in [6.45, 7) is 5.75. The van der Waals surface area contributed by atoms with Crippen LogP contribution in [0, 0.1) is 5.92 Å². The summed E-state index contributed by atoms with van der Waals surface area (Å²) in [6.07, 6.45) is -23.9. The summed E-state index contributed by atoms with van der Waals surface area (Å²) in [5, 5.41) is 149. The maximum Gasteiger partial charge on any atom is 0.330 e. The normalized spacial score (nSPS) is 28.6. The molecule has 7 amide bonds. The highest BCUT2D eigenvalue weighted by molar-refractivity contribution is 7.15. The molecule has 0 saturated carbocycles. The Bertz CT molecular complexity index is 5260. The molecule has 21 atom stereocenters. The molecule has 2 saturated heterocycles. The number of nitrogens with two attached hydrogens (primary N) is 2. The quantitative estimate of drug-likeness (QED) is 0.0521. The second-order valence-electron chi connectivity index (χ2n) is 31.3. The van der Waals surface area contributed by atoms with E-state index >= 15 is 24.0 Å². The van der Waals surface area contributed by atoms with E-state index in [9.17, 15) is 70.6 Å². The fraction of sp³-hybridized carbons (Fsp3) is 0.398. The topological polar surface area (TPSA) is 581 Å². The van der Waals surface area contributed by atoms with Crippen LogP contribution < -0.4 is 68.2 Å². The number of rotatable bonds is 20. The van der Waals surface area contributed by atoms with Crippen molar-refractivity contribution in [1.29, 1.82) is 0 Å². The molecule has 1 unspecified atom stereocenters. The second kappa shape index (κ2) is 38.1. The predicted octanol–water partition coefficient (Wildman–Crippen LogP) is 3.26. The van der Waals surface area contributed by atoms with Crippen LogP contribution >= 0.6 is 46.1 Å². The zero-order valence-corrected chi connectivity index (χ0v) is 69.6. The predicted molar refractivity (Wildman–Crippen MR) is 440 cm³/mol. The van der Waals surface area contributed by atoms with Crippen LogP contribution in [-0.2, 0) is 68.6 Å². The number of carbonyl (C=O) groups excluding carboxylic acids is 7. The van der Waals surface area contributed by atoms with Crippen molar-refractivity contribution in [3.63, 3.8) is 0 Å². The van der Waals surface area contributed by atoms with Gasteiger partial charge in [0, 0.05) is 56.0 Å². The summed E-state index contributed by atoms with van der Waals surface area (Å²) in [4.78, 5) is 122. The molecule has 37 nitrogen and oxygen atoms in total. The minimum atomic E-state index is -2.41. The second-order valence-corrected chi connectivity index (χ2v) is 33.7. The van der Waals surface area contributed by atoms with Crippen LogP contribution in [0.15, 0.2) is 127 Å². The van der Waals surface area contributed by atoms with Gasteiger partial charge in [-0.2, -0.15) is 0 Å². The Morgan fingerprint density at radius 3 is 1.98 bits per heavy atom. The van der Waals surface area contributed by atoms with Gasteiger partial charge in [-0.25, -0.2) is 4.79 Å². The standard InChI is InChI=1S/C83H91Cl3N10O27S/c1-32(2)18-47(89-5)74(108)95-64-66(103)36-9-15-52(45(85)20-36)118-54-22-38-23-55(71(54)122-82-69(106)68(105)72(56(31-97)120-82)123-81-67(104)51(101)26-41(117-81)29-90-30-42-13-17-57(124-42)34-6-11-39(84)12-7-34)119-53-16-10-37(21-46(53)86)70(121-59-28-83(4,88)73(107)33(3)116-59)65-79(113)94-63(80(114)115)44-24-40(98)25-50(100)60(44)43-19-35(8-14-49(43)99)61(76(110)96-65)93-77(111)62(38)92-75(109)48(27-58(87)102)91-78(64)112/h6-17,19-26,32-33,47-48,51,56,59,61-70,72-73,81-82,89-90,97-101,103-107H,18,27-31,88H2,1-5H3,(H2,87,102)(H,91,112)(H,92,109)(H,93,111)(H,94,113)(H,95,108)(H,96,110)(H,114,115)/t33-,47+,48-,51-,56+,59-,61+,62+,63+,64+,65?,66+,67+,68+,69+,70+,72+,73-,81-,82-,83-/m0/s1. The third kappa shape index (κ3) is 20.0. The molecule has 6 aromatic carbocycles. The fourth-order valence-corrected chi connectivity index (χ4v) is 16.8. The third-order valence-corrected chi connectivity index (χ3v) is 23.6. The van der Waals surface area contributed by atoms with Gasteiger partial charge >= 0.3 is 5.97 Å². The number of aliphatic hydroxyl groups excluding tert-OH is 7. The monoisotopic (exact) mass is 1800 g/mol. The van der Waals surface area contributed by atoms with Gasteiger partial charge in [-0.3, -0.25) is 33.6 Å². The number of carboxylic acids is 1. The maximum absolute atomic E-state index is 16.4. The van der Waals surface area contributed by atoms with E-state index in [4.69, 9.17) is 84.2 Å². The lowest BCUT2D eigenvalue weighted by Crippen LogP contribution is -2.62. The summed E-state index contributed by atoms with van der Waals surface area (Å²) < 4.78 is 51.3. The van der Waals surface area contributed by atoms with Crippen molar-refractivity contribution in [2.45, 2.75) is 181 Å². The molecule has 0 radical (unpaired) electrons. The molecule has 2 fully saturated rings. The van der Waals surface area contributed by atoms with Gasteiger partial charge in [0.25, 0.3) is 0 Å². The number of phenols is 3. The van der Waals surface area contributed by atoms with Crippen molar-refractivity contribution in [3.05, 3.63) is 175 Å². The van der Waals surface area contributed by atoms with Gasteiger partial charge in [0.2, 0.25) is 59.7 Å². The van der Waals surface area contributed by atoms with Gasteiger partial charge in [-0.1, -0.05) is 79.0 Å². The van der Waals surface area contributed by atoms with Crippen LogP contribution in [0.2, 0.25) is 15.1 Å². The Morgan fingerprint density at radius 1 is 0.685 bits per heavy atom. The maximum atomic E-state index is 16.4. The number of aromatic hydroxyl groups is 3. The summed E-state index contributed by atoms with van der Waals surface area (Å²) in [6, 6.07) is 10.3. The number of primary amides is 1. The van der Waals surface area contributed by atoms with Gasteiger partial charge in [0.15, 0.2) is 23.8 Å². The SMILES string of the molecule is CN[C@H](CC(C)C)C(=O)N[C@H]1C(=O)N[C@@H](CC(N)=O)C(=O)N[C@H]2C(=O)N[C@H]3C(=O)NC(C(=O)N[C@@H](C(=O)O)c4cc(O)cc(O)c4-c4cc3ccc4O)[C@H](O[C@H]3C[C@](C)(N)[C@@H](O)[C@H](C)O3)c3ccc(c(Cl)c3)Oc3cc2cc(c3O[C@@H]2O[C@H](CO)[C@@H](O[C@@H]3OC(CNCc4ccc(-c5ccc(Cl)cc5)s4)=C[C@H](O)[C@H]3O)[C@H](O)[C@H]2O)Oc2ccc(cc2Cl)[C@H]1O. The summed E-state index contributed by atoms with van der Waals surface area (Å²) in [5.74, 6) is -16.4. The van der Waals surface area contributed by atoms with E-state index in [0.29, 0.717) is 11.6 Å². The number of aliphatic hydroxyl groups is 7. The van der Waals surface area contributed by atoms with Crippen LogP contribution in [0.3, 0.4) is 0 Å². The van der Waals surface area contributed by atoms with Gasteiger partial charge in [-0.15, -0.1) is 11.3 Å². The highest BCUT2D eigenvalue weighted by atomic mass is 35.5. The molecule has 41 heteroatoms. The number of fused-ring (bicyclic) bond motifs is 15. The molecule has 0 spiro atoms. The fourth-order valence-electron chi connectivity index (χ4n) is 15.3. The lowest BCUT2D eigenvalue weighted by molar-refractivity contribution is -0.321. The molecular formula is C83H91Cl3N10O27S. The molecule has 8 aliphatic rings. The number of benzene rings is 6. The van der Waals surface area contributed by atoms with Crippen molar-refractivity contribution >= 4 is 93.5 Å². The van der Waals surface area contributed by atoms with E-state index in [2.05, 4.69) is 42.5 Å². The molecule has 15 rings (SSSR count). The molecule has 0 aliphatic carbocycles. The Labute approximate surface area is 725 Å². The number of hydrogen-bond acceptors (Lipinski definition) is 30. The number of thiophene rings is 1. The molecular weight excluding hydrogens is 1710 g/mol. The largest absolute Gasteiger partial charge is 0.508 e. The van der Waals surface area contributed by atoms with Crippen LogP contribution in [0.4, 0.5) is 0 Å². The third-order valence-electron chi connectivity index (χ3n) is 21.7. The number of ether oxygens (including phenoxy) is 8. The lowest BCUT2D eigenvalue weighted by atomic mass is 9.86. The average molecular weight is 1800 g/mol. The van der Waals surface area contributed by atoms with E-state index < -0.39 is 261 Å². The minimum absolute atomic E-state index is 0.0399. The molecule has 9 heterocycles. The number of phenolic OH excluding ortho intramolecular Hbond substituents is 3. The Balaban J connectivity index is 0.966. The van der Waals surface area contributed by atoms with E-state index in [0.717, 1.165) is 76.0 Å². The first-order valence-electron chi connectivity index (χ1n) is 39.1. The van der Waals surface area contributed by atoms with Crippen molar-refractivity contribution in [1.82, 2.24) is 42.5 Å². The van der Waals surface area contributed by atoms with Gasteiger partial charge in [0.05, 0.1) is 47.9 Å². The molecule has 8 aliphatic heterocycles. The number of hydrogen-bond donors (Lipinski definition) is 21. The molecule has 23 N–H and O–H groups in total. The first-order chi connectivity index (χ1) is 58.8. The Hall–Kier alpha value is -10.6. The number of nitrogens with one attached hydrogen (secondary N) is 8. The number of halogens is 3. The highest BCUT2D eigenvalue weighted by Gasteiger charge is 2.52. The van der Waals surface area contributed by atoms with Crippen molar-refractivity contribution in [2.75, 3.05) is 20.2 Å². The summed E-state index contributed by atoms with van der Waals surface area (Å²) >= 11 is 22.1. The number of carboxylic acid groups (broad SMARTS) is 1. The van der Waals surface area contributed by atoms with Crippen LogP contribution in [-0.4, -0.2) is 221 Å². The average Bonchev–Trinajstić information content (AvgIpc) is 0.767. The minimum Gasteiger partial charge on any atom is -0.508 e. The lowest BCUT2D eigenvalue weighted by Gasteiger charge is -2.44. The first kappa shape index (κ1) is 91.1. The zero-order valence-electron chi connectivity index (χ0n) is 66.6. The van der Waals surface area contributed by atoms with Crippen LogP contribution in [0.5, 0.6) is 46.0 Å². The first-order valence-corrected chi connectivity index (χ1v) is 41.0. The highest BCUT2D eigenvalue weighted by Crippen LogP contribution is 2.50. The molecule has 662 valence electrons. The Morgan fingerprint density at radius 2 is 1.34 bits per heavy atom. The van der Waals surface area contributed by atoms with E-state index in [-0.39, 0.29) is 53.5 Å². The van der Waals surface area contributed by atoms with Crippen LogP contribution in [0.1, 0.15) is 110 Å². The van der Waals surface area contributed by atoms with Gasteiger partial charge in [-0.05, 0) is 146 Å². The Kier molecular flexibility index (Phi) is 28.0. The van der Waals surface area contributed by atoms with Crippen molar-refractivity contribution in [3.8, 4) is 67.6 Å². The molecule has 1 aromatic heterocycles. The number of amides is 7. The van der Waals surface area contributed by atoms with Crippen molar-refractivity contribution in [2.24, 2.45) is 17.4 Å². The number of likely N-dealkylation sites (N-methyl/N-ethyl adjacent to an activating group) is 1. The van der Waals surface area contributed by atoms with E-state index in [1.807, 2.05) is 38.1 Å². The van der Waals surface area contributed by atoms with E-state index in [1.165, 1.54) is 56.5 Å². The van der Waals surface area contributed by atoms with Gasteiger partial charge in [0.1, 0.15) is 114 Å². The van der Waals surface area contributed by atoms with Crippen molar-refractivity contribution < 1.29 is 132 Å². The number of carbonyl (C=O) groups is 8. The smallest absolute Gasteiger partial charge is 0.330 e. The van der Waals surface area contributed by atoms with E-state index in [1.54, 1.807) is 12.1 Å². The summed E-state index contributed by atoms with van der Waals surface area (Å²) in [5.41, 5.74) is 9.01. The number of aliphatic carboxylic acids is 1. The zero-order chi connectivity index (χ0) is 89.4. The molecule has 11 bridgehead atoms. The molecule has 7 aromatic rings. The van der Waals surface area contributed by atoms with Crippen LogP contribution in [0.25, 0.3) is 21.6 Å². The van der Waals surface area contributed by atoms with Gasteiger partial charge < -0.3 is 148 Å².